The summed E-state index contributed by atoms with van der Waals surface area (Å²) in [4.78, 5) is 21.5. The number of benzene rings is 2. The molecule has 4 heteroatoms. The van der Waals surface area contributed by atoms with Gasteiger partial charge in [-0.2, -0.15) is 0 Å². The standard InChI is InChI=1S/C30H35N3O/c1-4-6-10-24(8-5-2)30(34)33(28-15-18-32(3)19-16-28)22-23-9-7-11-25(20-23)26-12-13-29-27(21-26)14-17-31-29/h4-14,17,20-21,28,31H,15-16,18-19,22H2,1-3H3/b6-4-,8-5+,24-10+. The van der Waals surface area contributed by atoms with Crippen molar-refractivity contribution in [3.8, 4) is 11.1 Å². The van der Waals surface area contributed by atoms with Crippen molar-refractivity contribution in [2.24, 2.45) is 0 Å². The lowest BCUT2D eigenvalue weighted by Gasteiger charge is -2.37. The average molecular weight is 454 g/mol. The van der Waals surface area contributed by atoms with Crippen molar-refractivity contribution in [1.29, 1.82) is 0 Å². The zero-order valence-corrected chi connectivity index (χ0v) is 20.5. The molecule has 1 N–H and O–H groups in total. The van der Waals surface area contributed by atoms with Gasteiger partial charge in [0, 0.05) is 29.9 Å². The number of fused-ring (bicyclic) bond motifs is 1. The molecule has 1 saturated heterocycles. The molecule has 0 unspecified atom stereocenters. The third kappa shape index (κ3) is 5.57. The van der Waals surface area contributed by atoms with Crippen molar-refractivity contribution >= 4 is 16.8 Å². The molecule has 2 aromatic carbocycles. The van der Waals surface area contributed by atoms with Gasteiger partial charge in [0.1, 0.15) is 0 Å². The van der Waals surface area contributed by atoms with Gasteiger partial charge in [-0.1, -0.05) is 48.6 Å². The fourth-order valence-electron chi connectivity index (χ4n) is 4.70. The number of rotatable bonds is 7. The topological polar surface area (TPSA) is 39.3 Å². The van der Waals surface area contributed by atoms with E-state index in [2.05, 4.69) is 70.4 Å². The largest absolute Gasteiger partial charge is 0.361 e. The molecule has 1 aliphatic heterocycles. The van der Waals surface area contributed by atoms with E-state index in [1.807, 2.05) is 50.4 Å². The number of allylic oxidation sites excluding steroid dienone is 4. The Labute approximate surface area is 203 Å². The molecule has 3 aromatic rings. The minimum absolute atomic E-state index is 0.102. The maximum atomic E-state index is 13.8. The van der Waals surface area contributed by atoms with Crippen LogP contribution in [0.1, 0.15) is 32.3 Å². The van der Waals surface area contributed by atoms with E-state index in [1.165, 1.54) is 16.5 Å². The number of likely N-dealkylation sites (tertiary alicyclic amines) is 1. The molecule has 1 aliphatic rings. The van der Waals surface area contributed by atoms with Crippen LogP contribution in [-0.2, 0) is 11.3 Å². The number of carbonyl (C=O) groups excluding carboxylic acids is 1. The van der Waals surface area contributed by atoms with Crippen LogP contribution in [0.4, 0.5) is 0 Å². The SMILES string of the molecule is C\C=C/C=C(\C=C\C)C(=O)N(Cc1cccc(-c2ccc3[nH]ccc3c2)c1)C1CCN(C)CC1. The summed E-state index contributed by atoms with van der Waals surface area (Å²) in [5.41, 5.74) is 5.39. The van der Waals surface area contributed by atoms with Crippen molar-refractivity contribution in [3.63, 3.8) is 0 Å². The number of amides is 1. The molecule has 34 heavy (non-hydrogen) atoms. The quantitative estimate of drug-likeness (QED) is 0.335. The third-order valence-electron chi connectivity index (χ3n) is 6.62. The first-order valence-corrected chi connectivity index (χ1v) is 12.2. The number of aromatic amines is 1. The second kappa shape index (κ2) is 11.2. The summed E-state index contributed by atoms with van der Waals surface area (Å²) in [6, 6.07) is 17.5. The summed E-state index contributed by atoms with van der Waals surface area (Å²) in [7, 11) is 2.16. The number of nitrogens with zero attached hydrogens (tertiary/aromatic N) is 2. The lowest BCUT2D eigenvalue weighted by Crippen LogP contribution is -2.46. The van der Waals surface area contributed by atoms with Gasteiger partial charge in [-0.25, -0.2) is 0 Å². The number of hydrogen-bond donors (Lipinski definition) is 1. The fourth-order valence-corrected chi connectivity index (χ4v) is 4.70. The van der Waals surface area contributed by atoms with Crippen molar-refractivity contribution in [3.05, 3.63) is 96.2 Å². The lowest BCUT2D eigenvalue weighted by molar-refractivity contribution is -0.130. The van der Waals surface area contributed by atoms with Crippen molar-refractivity contribution in [2.75, 3.05) is 20.1 Å². The number of piperidine rings is 1. The van der Waals surface area contributed by atoms with Crippen LogP contribution in [0.15, 0.2) is 90.7 Å². The molecule has 4 rings (SSSR count). The number of aromatic nitrogens is 1. The Balaban J connectivity index is 1.64. The van der Waals surface area contributed by atoms with Crippen LogP contribution in [0.5, 0.6) is 0 Å². The van der Waals surface area contributed by atoms with Gasteiger partial charge in [0.05, 0.1) is 0 Å². The fraction of sp³-hybridized carbons (Fsp3) is 0.300. The van der Waals surface area contributed by atoms with Crippen LogP contribution in [0.3, 0.4) is 0 Å². The maximum absolute atomic E-state index is 13.8. The molecule has 1 aromatic heterocycles. The van der Waals surface area contributed by atoms with E-state index in [-0.39, 0.29) is 11.9 Å². The van der Waals surface area contributed by atoms with Gasteiger partial charge in [-0.05, 0) is 99.2 Å². The highest BCUT2D eigenvalue weighted by atomic mass is 16.2. The zero-order chi connectivity index (χ0) is 23.9. The molecule has 0 radical (unpaired) electrons. The van der Waals surface area contributed by atoms with Crippen LogP contribution in [0, 0.1) is 0 Å². The Morgan fingerprint density at radius 2 is 1.85 bits per heavy atom. The second-order valence-electron chi connectivity index (χ2n) is 9.10. The summed E-state index contributed by atoms with van der Waals surface area (Å²) in [5, 5.41) is 1.20. The smallest absolute Gasteiger partial charge is 0.254 e. The van der Waals surface area contributed by atoms with Gasteiger partial charge in [-0.15, -0.1) is 0 Å². The highest BCUT2D eigenvalue weighted by Crippen LogP contribution is 2.27. The number of nitrogens with one attached hydrogen (secondary N) is 1. The molecule has 0 bridgehead atoms. The van der Waals surface area contributed by atoms with Crippen LogP contribution in [0.25, 0.3) is 22.0 Å². The van der Waals surface area contributed by atoms with E-state index < -0.39 is 0 Å². The highest BCUT2D eigenvalue weighted by molar-refractivity contribution is 5.96. The summed E-state index contributed by atoms with van der Waals surface area (Å²) in [6.07, 6.45) is 13.7. The van der Waals surface area contributed by atoms with Crippen LogP contribution in [-0.4, -0.2) is 46.9 Å². The Morgan fingerprint density at radius 1 is 1.06 bits per heavy atom. The van der Waals surface area contributed by atoms with E-state index in [9.17, 15) is 4.79 Å². The molecule has 1 fully saturated rings. The van der Waals surface area contributed by atoms with Crippen molar-refractivity contribution in [1.82, 2.24) is 14.8 Å². The Bertz CT molecular complexity index is 1210. The van der Waals surface area contributed by atoms with Gasteiger partial charge < -0.3 is 14.8 Å². The van der Waals surface area contributed by atoms with Crippen LogP contribution >= 0.6 is 0 Å². The molecule has 0 saturated carbocycles. The minimum Gasteiger partial charge on any atom is -0.361 e. The van der Waals surface area contributed by atoms with Crippen molar-refractivity contribution < 1.29 is 4.79 Å². The molecule has 0 atom stereocenters. The Kier molecular flexibility index (Phi) is 7.81. The predicted molar refractivity (Wildman–Crippen MR) is 143 cm³/mol. The van der Waals surface area contributed by atoms with Gasteiger partial charge in [-0.3, -0.25) is 4.79 Å². The first kappa shape index (κ1) is 23.8. The van der Waals surface area contributed by atoms with Gasteiger partial charge >= 0.3 is 0 Å². The molecule has 0 spiro atoms. The normalized spacial score (nSPS) is 16.1. The van der Waals surface area contributed by atoms with Gasteiger partial charge in [0.25, 0.3) is 5.91 Å². The van der Waals surface area contributed by atoms with E-state index in [1.54, 1.807) is 0 Å². The Morgan fingerprint density at radius 3 is 2.62 bits per heavy atom. The van der Waals surface area contributed by atoms with Gasteiger partial charge in [0.2, 0.25) is 0 Å². The van der Waals surface area contributed by atoms with Crippen molar-refractivity contribution in [2.45, 2.75) is 39.3 Å². The Hall–Kier alpha value is -3.37. The number of hydrogen-bond acceptors (Lipinski definition) is 2. The third-order valence-corrected chi connectivity index (χ3v) is 6.62. The molecule has 0 aliphatic carbocycles. The van der Waals surface area contributed by atoms with Gasteiger partial charge in [0.15, 0.2) is 0 Å². The monoisotopic (exact) mass is 453 g/mol. The van der Waals surface area contributed by atoms with Crippen LogP contribution < -0.4 is 0 Å². The van der Waals surface area contributed by atoms with E-state index >= 15 is 0 Å². The minimum atomic E-state index is 0.102. The molecular weight excluding hydrogens is 418 g/mol. The maximum Gasteiger partial charge on any atom is 0.254 e. The summed E-state index contributed by atoms with van der Waals surface area (Å²) >= 11 is 0. The zero-order valence-electron chi connectivity index (χ0n) is 20.5. The first-order valence-electron chi connectivity index (χ1n) is 12.2. The second-order valence-corrected chi connectivity index (χ2v) is 9.10. The predicted octanol–water partition coefficient (Wildman–Crippen LogP) is 6.34. The van der Waals surface area contributed by atoms with Crippen LogP contribution in [0.2, 0.25) is 0 Å². The molecule has 4 nitrogen and oxygen atoms in total. The molecular formula is C30H35N3O. The lowest BCUT2D eigenvalue weighted by atomic mass is 9.99. The number of H-pyrrole nitrogens is 1. The molecule has 1 amide bonds. The average Bonchev–Trinajstić information content (AvgIpc) is 3.33. The van der Waals surface area contributed by atoms with E-state index in [0.29, 0.717) is 6.54 Å². The number of carbonyl (C=O) groups is 1. The van der Waals surface area contributed by atoms with E-state index in [0.717, 1.165) is 42.6 Å². The highest BCUT2D eigenvalue weighted by Gasteiger charge is 2.28. The first-order chi connectivity index (χ1) is 16.6. The summed E-state index contributed by atoms with van der Waals surface area (Å²) in [6.45, 7) is 6.57. The molecule has 2 heterocycles. The summed E-state index contributed by atoms with van der Waals surface area (Å²) in [5.74, 6) is 0.102. The summed E-state index contributed by atoms with van der Waals surface area (Å²) < 4.78 is 0. The van der Waals surface area contributed by atoms with E-state index in [4.69, 9.17) is 0 Å². The molecule has 176 valence electrons.